The van der Waals surface area contributed by atoms with Crippen LogP contribution in [-0.4, -0.2) is 32.9 Å². The fraction of sp³-hybridized carbons (Fsp3) is 0. The predicted molar refractivity (Wildman–Crippen MR) is 130 cm³/mol. The zero-order chi connectivity index (χ0) is 23.3. The molecular weight excluding hydrogens is 448 g/mol. The molecule has 8 bridgehead atoms. The number of H-pyrrole nitrogens is 4. The summed E-state index contributed by atoms with van der Waals surface area (Å²) in [4.78, 5) is 13.6. The Morgan fingerprint density at radius 2 is 1.12 bits per heavy atom. The monoisotopic (exact) mass is 468 g/mol. The fourth-order valence-electron chi connectivity index (χ4n) is 4.23. The van der Waals surface area contributed by atoms with Gasteiger partial charge in [-0.15, -0.1) is 0 Å². The molecule has 5 aromatic rings. The summed E-state index contributed by atoms with van der Waals surface area (Å²) < 4.78 is 32.4. The van der Waals surface area contributed by atoms with Crippen molar-refractivity contribution in [3.05, 3.63) is 123 Å². The maximum atomic E-state index is 11.5. The van der Waals surface area contributed by atoms with Crippen LogP contribution in [0.15, 0.2) is 77.7 Å². The van der Waals surface area contributed by atoms with Gasteiger partial charge in [0.05, 0.1) is 4.90 Å². The topological polar surface area (TPSA) is 118 Å². The van der Waals surface area contributed by atoms with Crippen molar-refractivity contribution in [3.63, 3.8) is 0 Å². The van der Waals surface area contributed by atoms with Crippen LogP contribution in [0.1, 0.15) is 28.3 Å². The van der Waals surface area contributed by atoms with Gasteiger partial charge in [-0.25, -0.2) is 0 Å². The van der Waals surface area contributed by atoms with Gasteiger partial charge in [0.25, 0.3) is 10.1 Å². The maximum Gasteiger partial charge on any atom is 0.294 e. The minimum Gasteiger partial charge on any atom is -0.355 e. The van der Waals surface area contributed by atoms with E-state index in [1.807, 2.05) is 60.7 Å². The molecule has 0 radical (unpaired) electrons. The number of aromatic amines is 4. The average molecular weight is 469 g/mol. The number of hydrogen-bond acceptors (Lipinski definition) is 2. The molecule has 0 saturated carbocycles. The third kappa shape index (κ3) is 3.85. The summed E-state index contributed by atoms with van der Waals surface area (Å²) in [6, 6.07) is 22.3. The zero-order valence-corrected chi connectivity index (χ0v) is 18.6. The van der Waals surface area contributed by atoms with E-state index in [4.69, 9.17) is 0 Å². The van der Waals surface area contributed by atoms with Gasteiger partial charge in [-0.2, -0.15) is 8.42 Å². The van der Waals surface area contributed by atoms with Crippen molar-refractivity contribution in [2.24, 2.45) is 0 Å². The SMILES string of the molecule is O=S(=O)(O)c1ccc(C2=c3ccc([nH]3)=Cc3ccc([nH]3)C=c3ccc([nH]3)=Cc3ccc2[nH]3)cc1. The van der Waals surface area contributed by atoms with Gasteiger partial charge in [-0.1, -0.05) is 12.1 Å². The summed E-state index contributed by atoms with van der Waals surface area (Å²) in [5, 5.41) is 3.74. The van der Waals surface area contributed by atoms with Crippen molar-refractivity contribution in [2.75, 3.05) is 0 Å². The maximum absolute atomic E-state index is 11.5. The number of benzene rings is 1. The molecule has 0 atom stereocenters. The van der Waals surface area contributed by atoms with E-state index in [0.717, 1.165) is 55.3 Å². The molecule has 34 heavy (non-hydrogen) atoms. The van der Waals surface area contributed by atoms with Crippen LogP contribution in [0, 0.1) is 0 Å². The first kappa shape index (κ1) is 20.3. The van der Waals surface area contributed by atoms with Crippen molar-refractivity contribution in [1.29, 1.82) is 0 Å². The molecule has 168 valence electrons. The molecule has 1 aliphatic rings. The highest BCUT2D eigenvalue weighted by atomic mass is 32.2. The molecule has 5 N–H and O–H groups in total. The number of fused-ring (bicyclic) bond motifs is 8. The summed E-state index contributed by atoms with van der Waals surface area (Å²) >= 11 is 0. The number of aromatic nitrogens is 4. The molecule has 0 fully saturated rings. The predicted octanol–water partition coefficient (Wildman–Crippen LogP) is 1.29. The van der Waals surface area contributed by atoms with Gasteiger partial charge >= 0.3 is 0 Å². The van der Waals surface area contributed by atoms with Crippen LogP contribution in [0.5, 0.6) is 0 Å². The fourth-order valence-corrected chi connectivity index (χ4v) is 4.71. The normalized spacial score (nSPS) is 13.1. The van der Waals surface area contributed by atoms with Crippen LogP contribution >= 0.6 is 0 Å². The van der Waals surface area contributed by atoms with Crippen molar-refractivity contribution < 1.29 is 13.0 Å². The minimum atomic E-state index is -4.27. The van der Waals surface area contributed by atoms with E-state index in [9.17, 15) is 13.0 Å². The van der Waals surface area contributed by atoms with Gasteiger partial charge in [0.15, 0.2) is 0 Å². The average Bonchev–Trinajstić information content (AvgIpc) is 3.59. The van der Waals surface area contributed by atoms with Gasteiger partial charge in [0.2, 0.25) is 0 Å². The van der Waals surface area contributed by atoms with E-state index in [1.165, 1.54) is 12.1 Å². The summed E-state index contributed by atoms with van der Waals surface area (Å²) in [6.45, 7) is 0. The Labute approximate surface area is 194 Å². The van der Waals surface area contributed by atoms with E-state index < -0.39 is 10.1 Å². The van der Waals surface area contributed by atoms with Crippen LogP contribution in [0.2, 0.25) is 0 Å². The molecule has 5 heterocycles. The first-order chi connectivity index (χ1) is 16.4. The molecular formula is C26H20N4O3S. The molecule has 7 nitrogen and oxygen atoms in total. The lowest BCUT2D eigenvalue weighted by atomic mass is 10.0. The van der Waals surface area contributed by atoms with E-state index in [1.54, 1.807) is 12.1 Å². The Hall–Kier alpha value is -4.27. The van der Waals surface area contributed by atoms with E-state index in [0.29, 0.717) is 0 Å². The second kappa shape index (κ2) is 7.65. The highest BCUT2D eigenvalue weighted by Crippen LogP contribution is 2.22. The molecule has 0 saturated heterocycles. The Morgan fingerprint density at radius 3 is 1.76 bits per heavy atom. The van der Waals surface area contributed by atoms with Crippen LogP contribution in [0.4, 0.5) is 0 Å². The quantitative estimate of drug-likeness (QED) is 0.247. The Morgan fingerprint density at radius 1 is 0.559 bits per heavy atom. The van der Waals surface area contributed by atoms with E-state index >= 15 is 0 Å². The van der Waals surface area contributed by atoms with E-state index in [2.05, 4.69) is 26.0 Å². The lowest BCUT2D eigenvalue weighted by Crippen LogP contribution is -2.15. The van der Waals surface area contributed by atoms with Gasteiger partial charge in [-0.05, 0) is 84.5 Å². The van der Waals surface area contributed by atoms with Crippen molar-refractivity contribution in [2.45, 2.75) is 4.90 Å². The third-order valence-electron chi connectivity index (χ3n) is 5.79. The van der Waals surface area contributed by atoms with Crippen molar-refractivity contribution in [3.8, 4) is 0 Å². The number of rotatable bonds is 2. The molecule has 1 aromatic carbocycles. The van der Waals surface area contributed by atoms with Crippen LogP contribution in [-0.2, 0) is 10.1 Å². The molecule has 0 aliphatic carbocycles. The van der Waals surface area contributed by atoms with Gasteiger partial charge in [0, 0.05) is 49.7 Å². The summed E-state index contributed by atoms with van der Waals surface area (Å²) in [5.74, 6) is 0. The smallest absolute Gasteiger partial charge is 0.294 e. The summed E-state index contributed by atoms with van der Waals surface area (Å²) in [7, 11) is -4.27. The Bertz CT molecular complexity index is 1880. The van der Waals surface area contributed by atoms with Crippen molar-refractivity contribution >= 4 is 33.9 Å². The van der Waals surface area contributed by atoms with Gasteiger partial charge in [-0.3, -0.25) is 4.55 Å². The summed E-state index contributed by atoms with van der Waals surface area (Å²) in [5.41, 5.74) is 5.42. The molecule has 1 aliphatic heterocycles. The van der Waals surface area contributed by atoms with Crippen LogP contribution in [0.25, 0.3) is 23.8 Å². The third-order valence-corrected chi connectivity index (χ3v) is 6.66. The van der Waals surface area contributed by atoms with Crippen molar-refractivity contribution in [1.82, 2.24) is 19.9 Å². The molecule has 4 aromatic heterocycles. The standard InChI is InChI=1S/C26H20N4O3S/c31-34(32,33)23-9-1-16(2-10-23)26-24-11-7-21(29-24)14-19-5-3-17(27-19)13-18-4-6-20(28-18)15-22-8-12-25(26)30-22/h1-15,27-30H,(H,31,32,33). The van der Waals surface area contributed by atoms with Crippen LogP contribution in [0.3, 0.4) is 0 Å². The first-order valence-corrected chi connectivity index (χ1v) is 12.1. The zero-order valence-electron chi connectivity index (χ0n) is 17.8. The van der Waals surface area contributed by atoms with Crippen LogP contribution < -0.4 is 21.4 Å². The summed E-state index contributed by atoms with van der Waals surface area (Å²) in [6.07, 6.45) is 6.11. The highest BCUT2D eigenvalue weighted by molar-refractivity contribution is 7.85. The van der Waals surface area contributed by atoms with E-state index in [-0.39, 0.29) is 4.90 Å². The second-order valence-electron chi connectivity index (χ2n) is 8.20. The lowest BCUT2D eigenvalue weighted by molar-refractivity contribution is 0.483. The highest BCUT2D eigenvalue weighted by Gasteiger charge is 2.13. The van der Waals surface area contributed by atoms with Gasteiger partial charge < -0.3 is 19.9 Å². The van der Waals surface area contributed by atoms with Gasteiger partial charge in [0.1, 0.15) is 0 Å². The first-order valence-electron chi connectivity index (χ1n) is 10.7. The minimum absolute atomic E-state index is 0.145. The number of nitrogens with one attached hydrogen (secondary N) is 4. The largest absolute Gasteiger partial charge is 0.355 e. The molecule has 6 rings (SSSR count). The Kier molecular flexibility index (Phi) is 4.58. The second-order valence-corrected chi connectivity index (χ2v) is 9.62. The molecule has 0 unspecified atom stereocenters. The number of hydrogen-bond donors (Lipinski definition) is 5. The molecule has 0 spiro atoms. The molecule has 0 amide bonds. The Balaban J connectivity index is 1.62. The lowest BCUT2D eigenvalue weighted by Gasteiger charge is -2.07. The molecule has 8 heteroatoms.